The molecule has 2 aromatic carbocycles. The Morgan fingerprint density at radius 1 is 1.04 bits per heavy atom. The lowest BCUT2D eigenvalue weighted by Crippen LogP contribution is -2.42. The van der Waals surface area contributed by atoms with Crippen LogP contribution in [0.2, 0.25) is 0 Å². The first-order valence-electron chi connectivity index (χ1n) is 9.29. The number of fused-ring (bicyclic) bond motifs is 1. The van der Waals surface area contributed by atoms with E-state index in [1.807, 2.05) is 17.0 Å². The number of benzene rings is 2. The van der Waals surface area contributed by atoms with E-state index in [2.05, 4.69) is 46.6 Å². The van der Waals surface area contributed by atoms with Gasteiger partial charge in [-0.15, -0.1) is 0 Å². The van der Waals surface area contributed by atoms with Crippen molar-refractivity contribution in [1.82, 2.24) is 4.90 Å². The standard InChI is InChI=1S/C21H25N3O2/c1-26-19-11-13-23(14-12-19)21(25)22-17-6-8-18(9-7-17)24-15-10-16-4-2-3-5-20(16)24/h2-9,19H,10-15H2,1H3,(H,22,25). The van der Waals surface area contributed by atoms with Crippen LogP contribution < -0.4 is 10.2 Å². The van der Waals surface area contributed by atoms with Gasteiger partial charge in [-0.1, -0.05) is 18.2 Å². The molecule has 2 heterocycles. The zero-order valence-corrected chi connectivity index (χ0v) is 15.1. The van der Waals surface area contributed by atoms with Crippen LogP contribution in [0.1, 0.15) is 18.4 Å². The first kappa shape index (κ1) is 16.9. The summed E-state index contributed by atoms with van der Waals surface area (Å²) in [6.07, 6.45) is 3.15. The molecular weight excluding hydrogens is 326 g/mol. The Balaban J connectivity index is 1.39. The summed E-state index contributed by atoms with van der Waals surface area (Å²) < 4.78 is 5.36. The van der Waals surface area contributed by atoms with E-state index in [0.29, 0.717) is 0 Å². The molecule has 0 radical (unpaired) electrons. The van der Waals surface area contributed by atoms with Crippen LogP contribution in [0.25, 0.3) is 0 Å². The van der Waals surface area contributed by atoms with E-state index in [4.69, 9.17) is 4.74 Å². The maximum atomic E-state index is 12.4. The average Bonchev–Trinajstić information content (AvgIpc) is 3.13. The van der Waals surface area contributed by atoms with Crippen LogP contribution in [-0.4, -0.2) is 43.8 Å². The third kappa shape index (κ3) is 3.40. The van der Waals surface area contributed by atoms with Gasteiger partial charge >= 0.3 is 6.03 Å². The van der Waals surface area contributed by atoms with Gasteiger partial charge in [-0.05, 0) is 55.2 Å². The van der Waals surface area contributed by atoms with Crippen LogP contribution in [0.5, 0.6) is 0 Å². The predicted molar refractivity (Wildman–Crippen MR) is 104 cm³/mol. The number of hydrogen-bond acceptors (Lipinski definition) is 3. The molecule has 0 bridgehead atoms. The van der Waals surface area contributed by atoms with Crippen molar-refractivity contribution >= 4 is 23.1 Å². The molecule has 0 unspecified atom stereocenters. The molecule has 2 aromatic rings. The van der Waals surface area contributed by atoms with Crippen LogP contribution in [-0.2, 0) is 11.2 Å². The van der Waals surface area contributed by atoms with Crippen molar-refractivity contribution in [3.05, 3.63) is 54.1 Å². The topological polar surface area (TPSA) is 44.8 Å². The van der Waals surface area contributed by atoms with Gasteiger partial charge in [-0.3, -0.25) is 0 Å². The van der Waals surface area contributed by atoms with Crippen LogP contribution in [0.3, 0.4) is 0 Å². The first-order chi connectivity index (χ1) is 12.7. The van der Waals surface area contributed by atoms with Gasteiger partial charge in [-0.2, -0.15) is 0 Å². The Bertz CT molecular complexity index is 767. The fourth-order valence-electron chi connectivity index (χ4n) is 3.83. The summed E-state index contributed by atoms with van der Waals surface area (Å²) in [5.74, 6) is 0. The predicted octanol–water partition coefficient (Wildman–Crippen LogP) is 4.02. The Kier molecular flexibility index (Phi) is 4.80. The molecule has 0 atom stereocenters. The molecule has 2 aliphatic rings. The monoisotopic (exact) mass is 351 g/mol. The van der Waals surface area contributed by atoms with E-state index < -0.39 is 0 Å². The fourth-order valence-corrected chi connectivity index (χ4v) is 3.83. The smallest absolute Gasteiger partial charge is 0.321 e. The number of ether oxygens (including phenoxy) is 1. The summed E-state index contributed by atoms with van der Waals surface area (Å²) >= 11 is 0. The zero-order chi connectivity index (χ0) is 17.9. The summed E-state index contributed by atoms with van der Waals surface area (Å²) in [6.45, 7) is 2.49. The van der Waals surface area contributed by atoms with Crippen LogP contribution >= 0.6 is 0 Å². The number of nitrogens with zero attached hydrogens (tertiary/aromatic N) is 2. The average molecular weight is 351 g/mol. The lowest BCUT2D eigenvalue weighted by atomic mass is 10.1. The normalized spacial score (nSPS) is 17.3. The second-order valence-corrected chi connectivity index (χ2v) is 6.93. The number of carbonyl (C=O) groups is 1. The van der Waals surface area contributed by atoms with Crippen molar-refractivity contribution in [1.29, 1.82) is 0 Å². The van der Waals surface area contributed by atoms with Crippen molar-refractivity contribution in [2.75, 3.05) is 37.0 Å². The summed E-state index contributed by atoms with van der Waals surface area (Å²) in [7, 11) is 1.74. The number of anilines is 3. The molecule has 2 amide bonds. The van der Waals surface area contributed by atoms with Crippen molar-refractivity contribution in [2.45, 2.75) is 25.4 Å². The SMILES string of the molecule is COC1CCN(C(=O)Nc2ccc(N3CCc4ccccc43)cc2)CC1. The fraction of sp³-hybridized carbons (Fsp3) is 0.381. The molecule has 4 rings (SSSR count). The van der Waals surface area contributed by atoms with Crippen LogP contribution in [0.4, 0.5) is 21.9 Å². The van der Waals surface area contributed by atoms with E-state index in [-0.39, 0.29) is 12.1 Å². The van der Waals surface area contributed by atoms with Gasteiger partial charge in [-0.25, -0.2) is 4.79 Å². The van der Waals surface area contributed by atoms with Crippen molar-refractivity contribution in [3.63, 3.8) is 0 Å². The molecule has 2 aliphatic heterocycles. The highest BCUT2D eigenvalue weighted by Gasteiger charge is 2.23. The maximum absolute atomic E-state index is 12.4. The molecule has 1 fully saturated rings. The summed E-state index contributed by atoms with van der Waals surface area (Å²) in [5, 5.41) is 3.01. The Morgan fingerprint density at radius 2 is 1.77 bits per heavy atom. The summed E-state index contributed by atoms with van der Waals surface area (Å²) in [6, 6.07) is 16.6. The van der Waals surface area contributed by atoms with Gasteiger partial charge in [0.15, 0.2) is 0 Å². The Morgan fingerprint density at radius 3 is 2.50 bits per heavy atom. The lowest BCUT2D eigenvalue weighted by molar-refractivity contribution is 0.0521. The molecule has 0 aromatic heterocycles. The zero-order valence-electron chi connectivity index (χ0n) is 15.1. The minimum Gasteiger partial charge on any atom is -0.381 e. The van der Waals surface area contributed by atoms with Crippen LogP contribution in [0.15, 0.2) is 48.5 Å². The molecule has 26 heavy (non-hydrogen) atoms. The Labute approximate surface area is 154 Å². The molecule has 1 N–H and O–H groups in total. The number of nitrogens with one attached hydrogen (secondary N) is 1. The number of para-hydroxylation sites is 1. The van der Waals surface area contributed by atoms with E-state index in [0.717, 1.165) is 50.3 Å². The van der Waals surface area contributed by atoms with Crippen LogP contribution in [0, 0.1) is 0 Å². The molecule has 5 nitrogen and oxygen atoms in total. The summed E-state index contributed by atoms with van der Waals surface area (Å²) in [4.78, 5) is 16.6. The second-order valence-electron chi connectivity index (χ2n) is 6.93. The van der Waals surface area contributed by atoms with Gasteiger partial charge in [0.05, 0.1) is 6.10 Å². The number of piperidine rings is 1. The largest absolute Gasteiger partial charge is 0.381 e. The van der Waals surface area contributed by atoms with E-state index in [1.165, 1.54) is 11.3 Å². The van der Waals surface area contributed by atoms with Gasteiger partial charge in [0, 0.05) is 43.8 Å². The lowest BCUT2D eigenvalue weighted by Gasteiger charge is -2.31. The third-order valence-corrected chi connectivity index (χ3v) is 5.38. The number of likely N-dealkylation sites (tertiary alicyclic amines) is 1. The van der Waals surface area contributed by atoms with Crippen molar-refractivity contribution in [3.8, 4) is 0 Å². The summed E-state index contributed by atoms with van der Waals surface area (Å²) in [5.41, 5.74) is 4.67. The van der Waals surface area contributed by atoms with Gasteiger partial charge in [0.1, 0.15) is 0 Å². The van der Waals surface area contributed by atoms with Crippen molar-refractivity contribution < 1.29 is 9.53 Å². The number of methoxy groups -OCH3 is 1. The van der Waals surface area contributed by atoms with E-state index >= 15 is 0 Å². The highest BCUT2D eigenvalue weighted by Crippen LogP contribution is 2.34. The maximum Gasteiger partial charge on any atom is 0.321 e. The highest BCUT2D eigenvalue weighted by molar-refractivity contribution is 5.89. The number of amides is 2. The first-order valence-corrected chi connectivity index (χ1v) is 9.29. The van der Waals surface area contributed by atoms with Gasteiger partial charge < -0.3 is 19.9 Å². The van der Waals surface area contributed by atoms with Crippen molar-refractivity contribution in [2.24, 2.45) is 0 Å². The highest BCUT2D eigenvalue weighted by atomic mass is 16.5. The molecule has 0 saturated carbocycles. The van der Waals surface area contributed by atoms with Gasteiger partial charge in [0.2, 0.25) is 0 Å². The minimum absolute atomic E-state index is 0.0289. The molecule has 1 saturated heterocycles. The molecule has 5 heteroatoms. The number of urea groups is 1. The quantitative estimate of drug-likeness (QED) is 0.908. The van der Waals surface area contributed by atoms with E-state index in [9.17, 15) is 4.79 Å². The molecule has 0 spiro atoms. The number of hydrogen-bond donors (Lipinski definition) is 1. The number of rotatable bonds is 3. The molecule has 0 aliphatic carbocycles. The number of carbonyl (C=O) groups excluding carboxylic acids is 1. The Hall–Kier alpha value is -2.53. The molecule has 136 valence electrons. The van der Waals surface area contributed by atoms with E-state index in [1.54, 1.807) is 7.11 Å². The third-order valence-electron chi connectivity index (χ3n) is 5.38. The second kappa shape index (κ2) is 7.38. The van der Waals surface area contributed by atoms with Gasteiger partial charge in [0.25, 0.3) is 0 Å². The molecular formula is C21H25N3O2. The minimum atomic E-state index is -0.0289.